The lowest BCUT2D eigenvalue weighted by atomic mass is 9.84. The summed E-state index contributed by atoms with van der Waals surface area (Å²) >= 11 is 0. The van der Waals surface area contributed by atoms with Gasteiger partial charge in [0.05, 0.1) is 16.6 Å². The van der Waals surface area contributed by atoms with Gasteiger partial charge in [-0.3, -0.25) is 0 Å². The molecular formula is C48H43N5. The molecule has 0 bridgehead atoms. The van der Waals surface area contributed by atoms with E-state index in [2.05, 4.69) is 169 Å². The molecule has 1 aliphatic heterocycles. The molecule has 5 nitrogen and oxygen atoms in total. The summed E-state index contributed by atoms with van der Waals surface area (Å²) in [7, 11) is 0. The Balaban J connectivity index is 1.15. The fourth-order valence-electron chi connectivity index (χ4n) is 8.99. The van der Waals surface area contributed by atoms with Gasteiger partial charge in [0.1, 0.15) is 11.7 Å². The van der Waals surface area contributed by atoms with Crippen molar-refractivity contribution in [2.75, 3.05) is 0 Å². The summed E-state index contributed by atoms with van der Waals surface area (Å²) in [5.41, 5.74) is 9.98. The average Bonchev–Trinajstić information content (AvgIpc) is 3.73. The molecule has 2 atom stereocenters. The predicted octanol–water partition coefficient (Wildman–Crippen LogP) is 11.1. The molecule has 2 unspecified atom stereocenters. The normalized spacial score (nSPS) is 20.7. The zero-order valence-corrected chi connectivity index (χ0v) is 30.6. The smallest absolute Gasteiger partial charge is 0.177 e. The minimum Gasteiger partial charge on any atom is -0.330 e. The zero-order chi connectivity index (χ0) is 35.7. The number of fused-ring (bicyclic) bond motifs is 7. The maximum atomic E-state index is 5.26. The molecule has 0 radical (unpaired) electrons. The lowest BCUT2D eigenvalue weighted by molar-refractivity contribution is 0.347. The average molecular weight is 690 g/mol. The third-order valence-corrected chi connectivity index (χ3v) is 11.8. The van der Waals surface area contributed by atoms with Crippen molar-refractivity contribution in [1.29, 1.82) is 0 Å². The number of rotatable bonds is 5. The quantitative estimate of drug-likeness (QED) is 0.180. The third kappa shape index (κ3) is 5.05. The van der Waals surface area contributed by atoms with Crippen LogP contribution < -0.4 is 5.32 Å². The number of amidine groups is 2. The maximum absolute atomic E-state index is 5.26. The van der Waals surface area contributed by atoms with Crippen molar-refractivity contribution in [3.8, 4) is 5.69 Å². The van der Waals surface area contributed by atoms with E-state index in [0.717, 1.165) is 53.3 Å². The topological polar surface area (TPSA) is 46.6 Å². The molecule has 10 rings (SSSR count). The molecule has 2 aliphatic carbocycles. The zero-order valence-electron chi connectivity index (χ0n) is 30.6. The molecule has 3 heterocycles. The van der Waals surface area contributed by atoms with E-state index in [-0.39, 0.29) is 5.54 Å². The van der Waals surface area contributed by atoms with Crippen molar-refractivity contribution in [2.45, 2.75) is 57.7 Å². The van der Waals surface area contributed by atoms with Crippen molar-refractivity contribution in [1.82, 2.24) is 14.5 Å². The highest BCUT2D eigenvalue weighted by molar-refractivity contribution is 6.20. The molecule has 2 aromatic heterocycles. The van der Waals surface area contributed by atoms with Crippen LogP contribution in [-0.4, -0.2) is 20.8 Å². The number of nitrogens with one attached hydrogen (secondary N) is 1. The molecule has 5 aromatic carbocycles. The second kappa shape index (κ2) is 12.1. The van der Waals surface area contributed by atoms with Crippen LogP contribution in [0.15, 0.2) is 150 Å². The van der Waals surface area contributed by atoms with Crippen LogP contribution in [0.5, 0.6) is 0 Å². The minimum absolute atomic E-state index is 0.111. The first-order chi connectivity index (χ1) is 25.9. The molecular weight excluding hydrogens is 647 g/mol. The van der Waals surface area contributed by atoms with Gasteiger partial charge in [-0.2, -0.15) is 0 Å². The minimum atomic E-state index is -0.811. The third-order valence-electron chi connectivity index (χ3n) is 11.8. The van der Waals surface area contributed by atoms with Gasteiger partial charge in [0.15, 0.2) is 5.66 Å². The number of allylic oxidation sites excluding steroid dienone is 3. The van der Waals surface area contributed by atoms with Gasteiger partial charge in [0.2, 0.25) is 0 Å². The van der Waals surface area contributed by atoms with Crippen LogP contribution in [0.1, 0.15) is 68.0 Å². The summed E-state index contributed by atoms with van der Waals surface area (Å²) in [6.07, 6.45) is 14.0. The van der Waals surface area contributed by atoms with E-state index in [0.29, 0.717) is 5.92 Å². The predicted molar refractivity (Wildman–Crippen MR) is 221 cm³/mol. The van der Waals surface area contributed by atoms with E-state index in [1.54, 1.807) is 0 Å². The van der Waals surface area contributed by atoms with Gasteiger partial charge in [0.25, 0.3) is 0 Å². The van der Waals surface area contributed by atoms with E-state index in [9.17, 15) is 0 Å². The van der Waals surface area contributed by atoms with Crippen molar-refractivity contribution in [2.24, 2.45) is 15.9 Å². The highest BCUT2D eigenvalue weighted by atomic mass is 15.2. The highest BCUT2D eigenvalue weighted by Gasteiger charge is 2.34. The number of aliphatic imine (C=N–C) groups is 2. The summed E-state index contributed by atoms with van der Waals surface area (Å²) in [4.78, 5) is 10.5. The van der Waals surface area contributed by atoms with Crippen LogP contribution in [0.3, 0.4) is 0 Å². The van der Waals surface area contributed by atoms with E-state index < -0.39 is 5.66 Å². The van der Waals surface area contributed by atoms with Gasteiger partial charge in [-0.25, -0.2) is 9.98 Å². The first kappa shape index (κ1) is 31.8. The van der Waals surface area contributed by atoms with Crippen LogP contribution in [0.2, 0.25) is 0 Å². The molecule has 260 valence electrons. The molecule has 0 amide bonds. The summed E-state index contributed by atoms with van der Waals surface area (Å²) in [6.45, 7) is 6.88. The molecule has 0 saturated heterocycles. The molecule has 5 heteroatoms. The molecule has 53 heavy (non-hydrogen) atoms. The number of hydrogen-bond acceptors (Lipinski definition) is 3. The molecule has 0 spiro atoms. The molecule has 1 N–H and O–H groups in total. The van der Waals surface area contributed by atoms with Crippen LogP contribution in [0, 0.1) is 5.92 Å². The van der Waals surface area contributed by atoms with E-state index in [1.165, 1.54) is 50.4 Å². The molecule has 0 saturated carbocycles. The standard InChI is InChI=1S/C48H43N5/c1-32-28-30-47(2,31-29-32)53-41-21-13-10-18-37(41)38-26-27-42-43(44(38)53)39-19-11-12-20-40(39)52(42)36-24-22-35(23-25-36)48(3)50-45(33-14-6-4-7-15-33)49-46(51-48)34-16-8-5-9-17-34/h4-11,13-19,21-28,30,32H,12,20,29,31H2,1-3H3,(H,49,50,51). The fourth-order valence-corrected chi connectivity index (χ4v) is 8.99. The first-order valence-corrected chi connectivity index (χ1v) is 19.0. The van der Waals surface area contributed by atoms with E-state index in [4.69, 9.17) is 9.98 Å². The van der Waals surface area contributed by atoms with Crippen LogP contribution in [0.4, 0.5) is 0 Å². The maximum Gasteiger partial charge on any atom is 0.177 e. The second-order valence-corrected chi connectivity index (χ2v) is 15.4. The lowest BCUT2D eigenvalue weighted by Gasteiger charge is -2.35. The lowest BCUT2D eigenvalue weighted by Crippen LogP contribution is -2.40. The second-order valence-electron chi connectivity index (χ2n) is 15.4. The summed E-state index contributed by atoms with van der Waals surface area (Å²) in [5.74, 6) is 2.24. The van der Waals surface area contributed by atoms with E-state index >= 15 is 0 Å². The number of para-hydroxylation sites is 1. The fraction of sp³-hybridized carbons (Fsp3) is 0.208. The van der Waals surface area contributed by atoms with Gasteiger partial charge in [-0.15, -0.1) is 0 Å². The van der Waals surface area contributed by atoms with Crippen LogP contribution >= 0.6 is 0 Å². The van der Waals surface area contributed by atoms with Crippen LogP contribution in [0.25, 0.3) is 44.5 Å². The van der Waals surface area contributed by atoms with E-state index in [1.807, 2.05) is 12.1 Å². The number of aromatic nitrogens is 2. The Labute approximate surface area is 310 Å². The molecule has 7 aromatic rings. The number of benzene rings is 5. The Kier molecular flexibility index (Phi) is 7.23. The summed E-state index contributed by atoms with van der Waals surface area (Å²) in [6, 6.07) is 43.4. The van der Waals surface area contributed by atoms with Gasteiger partial charge < -0.3 is 14.5 Å². The molecule has 0 fully saturated rings. The van der Waals surface area contributed by atoms with Gasteiger partial charge in [-0.1, -0.05) is 128 Å². The Morgan fingerprint density at radius 2 is 1.40 bits per heavy atom. The van der Waals surface area contributed by atoms with Crippen molar-refractivity contribution >= 4 is 50.5 Å². The first-order valence-electron chi connectivity index (χ1n) is 19.0. The Bertz CT molecular complexity index is 2610. The SMILES string of the molecule is CC1C=CC(C)(n2c3ccccc3c3ccc4c(c5c(n4-c4ccc(C6(C)N=C(c7ccccc7)NC(c7ccccc7)=N6)cc4)CCC=C5)c32)CC1. The monoisotopic (exact) mass is 689 g/mol. The van der Waals surface area contributed by atoms with Crippen molar-refractivity contribution < 1.29 is 0 Å². The number of nitrogens with zero attached hydrogens (tertiary/aromatic N) is 4. The number of hydrogen-bond donors (Lipinski definition) is 1. The molecule has 3 aliphatic rings. The van der Waals surface area contributed by atoms with Crippen molar-refractivity contribution in [3.63, 3.8) is 0 Å². The van der Waals surface area contributed by atoms with Gasteiger partial charge >= 0.3 is 0 Å². The van der Waals surface area contributed by atoms with Crippen molar-refractivity contribution in [3.05, 3.63) is 168 Å². The highest BCUT2D eigenvalue weighted by Crippen LogP contribution is 2.46. The van der Waals surface area contributed by atoms with Gasteiger partial charge in [0, 0.05) is 55.3 Å². The largest absolute Gasteiger partial charge is 0.330 e. The Morgan fingerprint density at radius 3 is 2.08 bits per heavy atom. The van der Waals surface area contributed by atoms with Crippen LogP contribution in [-0.2, 0) is 17.6 Å². The Morgan fingerprint density at radius 1 is 0.717 bits per heavy atom. The summed E-state index contributed by atoms with van der Waals surface area (Å²) < 4.78 is 5.18. The van der Waals surface area contributed by atoms with Gasteiger partial charge in [-0.05, 0) is 69.7 Å². The Hall–Kier alpha value is -5.94. The summed E-state index contributed by atoms with van der Waals surface area (Å²) in [5, 5.41) is 7.54.